The number of carboxylic acids is 1. The van der Waals surface area contributed by atoms with E-state index in [1.54, 1.807) is 19.1 Å². The van der Waals surface area contributed by atoms with Gasteiger partial charge in [0.05, 0.1) is 6.07 Å². The maximum Gasteiger partial charge on any atom is 0.408 e. The molecule has 0 fully saturated rings. The molecule has 0 spiro atoms. The van der Waals surface area contributed by atoms with Gasteiger partial charge in [0, 0.05) is 6.42 Å². The van der Waals surface area contributed by atoms with Gasteiger partial charge in [-0.25, -0.2) is 9.59 Å². The van der Waals surface area contributed by atoms with Gasteiger partial charge in [-0.2, -0.15) is 5.26 Å². The molecule has 0 bridgehead atoms. The summed E-state index contributed by atoms with van der Waals surface area (Å²) in [5.41, 5.74) is -0.661. The molecule has 112 valence electrons. The molecule has 6 heteroatoms. The Labute approximate surface area is 123 Å². The summed E-state index contributed by atoms with van der Waals surface area (Å²) in [6, 6.07) is 11.0. The Kier molecular flexibility index (Phi) is 6.21. The summed E-state index contributed by atoms with van der Waals surface area (Å²) < 4.78 is 5.02. The van der Waals surface area contributed by atoms with Crippen molar-refractivity contribution in [1.29, 1.82) is 5.26 Å². The number of aliphatic carboxylic acids is 1. The number of amides is 1. The largest absolute Gasteiger partial charge is 0.480 e. The van der Waals surface area contributed by atoms with Crippen molar-refractivity contribution in [1.82, 2.24) is 5.32 Å². The number of nitrogens with one attached hydrogen (secondary N) is 1. The number of carboxylic acid groups (broad SMARTS) is 1. The molecular formula is C15H18N2O4. The van der Waals surface area contributed by atoms with E-state index in [0.29, 0.717) is 0 Å². The summed E-state index contributed by atoms with van der Waals surface area (Å²) in [5, 5.41) is 20.3. The average molecular weight is 290 g/mol. The third-order valence-electron chi connectivity index (χ3n) is 3.23. The van der Waals surface area contributed by atoms with E-state index in [4.69, 9.17) is 10.00 Å². The van der Waals surface area contributed by atoms with Crippen LogP contribution < -0.4 is 5.32 Å². The third kappa shape index (κ3) is 4.80. The minimum absolute atomic E-state index is 0.0375. The van der Waals surface area contributed by atoms with Crippen molar-refractivity contribution in [2.24, 2.45) is 0 Å². The monoisotopic (exact) mass is 290 g/mol. The van der Waals surface area contributed by atoms with Crippen LogP contribution >= 0.6 is 0 Å². The first kappa shape index (κ1) is 16.5. The lowest BCUT2D eigenvalue weighted by Gasteiger charge is -2.28. The number of carbonyl (C=O) groups excluding carboxylic acids is 1. The van der Waals surface area contributed by atoms with E-state index in [1.165, 1.54) is 0 Å². The van der Waals surface area contributed by atoms with Crippen molar-refractivity contribution in [3.05, 3.63) is 35.9 Å². The van der Waals surface area contributed by atoms with E-state index in [2.05, 4.69) is 5.32 Å². The van der Waals surface area contributed by atoms with Gasteiger partial charge in [0.25, 0.3) is 0 Å². The minimum atomic E-state index is -1.47. The molecule has 1 rings (SSSR count). The standard InChI is InChI=1S/C15H18N2O4/c1-2-15(13(18)19,9-6-10-16)17-14(20)21-11-12-7-4-3-5-8-12/h3-5,7-8H,2,6,9,11H2,1H3,(H,17,20)(H,18,19)/t15-/m0/s1. The Morgan fingerprint density at radius 3 is 2.57 bits per heavy atom. The lowest BCUT2D eigenvalue weighted by Crippen LogP contribution is -2.54. The second-order valence-corrected chi connectivity index (χ2v) is 4.59. The van der Waals surface area contributed by atoms with E-state index in [-0.39, 0.29) is 25.9 Å². The molecule has 0 aliphatic carbocycles. The summed E-state index contributed by atoms with van der Waals surface area (Å²) in [7, 11) is 0. The zero-order valence-electron chi connectivity index (χ0n) is 11.8. The van der Waals surface area contributed by atoms with Gasteiger partial charge in [-0.3, -0.25) is 0 Å². The molecule has 0 aromatic heterocycles. The molecule has 21 heavy (non-hydrogen) atoms. The number of hydrogen-bond acceptors (Lipinski definition) is 4. The van der Waals surface area contributed by atoms with Crippen LogP contribution in [0.25, 0.3) is 0 Å². The Hall–Kier alpha value is -2.55. The molecule has 0 heterocycles. The summed E-state index contributed by atoms with van der Waals surface area (Å²) in [4.78, 5) is 23.2. The van der Waals surface area contributed by atoms with E-state index < -0.39 is 17.6 Å². The zero-order valence-corrected chi connectivity index (χ0v) is 11.8. The van der Waals surface area contributed by atoms with Crippen LogP contribution in [-0.2, 0) is 16.1 Å². The second-order valence-electron chi connectivity index (χ2n) is 4.59. The number of alkyl carbamates (subject to hydrolysis) is 1. The van der Waals surface area contributed by atoms with E-state index in [0.717, 1.165) is 5.56 Å². The molecule has 1 aromatic carbocycles. The predicted octanol–water partition coefficient (Wildman–Crippen LogP) is 2.45. The van der Waals surface area contributed by atoms with Crippen molar-refractivity contribution in [3.63, 3.8) is 0 Å². The maximum atomic E-state index is 11.8. The summed E-state index contributed by atoms with van der Waals surface area (Å²) >= 11 is 0. The number of nitrogens with zero attached hydrogens (tertiary/aromatic N) is 1. The van der Waals surface area contributed by atoms with Gasteiger partial charge in [-0.15, -0.1) is 0 Å². The SMILES string of the molecule is CC[C@@](CCC#N)(NC(=O)OCc1ccccc1)C(=O)O. The van der Waals surface area contributed by atoms with Crippen LogP contribution in [0.3, 0.4) is 0 Å². The highest BCUT2D eigenvalue weighted by molar-refractivity contribution is 5.84. The van der Waals surface area contributed by atoms with Gasteiger partial charge in [-0.05, 0) is 18.4 Å². The number of nitriles is 1. The smallest absolute Gasteiger partial charge is 0.408 e. The highest BCUT2D eigenvalue weighted by Crippen LogP contribution is 2.18. The molecule has 0 saturated carbocycles. The quantitative estimate of drug-likeness (QED) is 0.803. The van der Waals surface area contributed by atoms with Gasteiger partial charge >= 0.3 is 12.1 Å². The Morgan fingerprint density at radius 2 is 2.05 bits per heavy atom. The van der Waals surface area contributed by atoms with Gasteiger partial charge in [-0.1, -0.05) is 37.3 Å². The molecule has 6 nitrogen and oxygen atoms in total. The van der Waals surface area contributed by atoms with E-state index >= 15 is 0 Å². The Balaban J connectivity index is 2.64. The highest BCUT2D eigenvalue weighted by atomic mass is 16.5. The van der Waals surface area contributed by atoms with E-state index in [1.807, 2.05) is 24.3 Å². The second kappa shape index (κ2) is 7.90. The minimum Gasteiger partial charge on any atom is -0.480 e. The van der Waals surface area contributed by atoms with Crippen LogP contribution in [0.4, 0.5) is 4.79 Å². The van der Waals surface area contributed by atoms with Crippen LogP contribution in [0.5, 0.6) is 0 Å². The lowest BCUT2D eigenvalue weighted by molar-refractivity contribution is -0.145. The van der Waals surface area contributed by atoms with Crippen molar-refractivity contribution in [3.8, 4) is 6.07 Å². The van der Waals surface area contributed by atoms with Crippen molar-refractivity contribution >= 4 is 12.1 Å². The fourth-order valence-corrected chi connectivity index (χ4v) is 1.86. The summed E-state index contributed by atoms with van der Waals surface area (Å²) in [6.07, 6.45) is -0.555. The number of hydrogen-bond donors (Lipinski definition) is 2. The molecule has 0 unspecified atom stereocenters. The molecular weight excluding hydrogens is 272 g/mol. The molecule has 1 aromatic rings. The van der Waals surface area contributed by atoms with Gasteiger partial charge in [0.2, 0.25) is 0 Å². The van der Waals surface area contributed by atoms with Gasteiger partial charge < -0.3 is 15.2 Å². The molecule has 0 radical (unpaired) electrons. The van der Waals surface area contributed by atoms with Crippen LogP contribution in [0, 0.1) is 11.3 Å². The summed E-state index contributed by atoms with van der Waals surface area (Å²) in [6.45, 7) is 1.70. The normalized spacial score (nSPS) is 12.8. The molecule has 0 aliphatic rings. The molecule has 0 aliphatic heterocycles. The maximum absolute atomic E-state index is 11.8. The predicted molar refractivity (Wildman–Crippen MR) is 75.3 cm³/mol. The fourth-order valence-electron chi connectivity index (χ4n) is 1.86. The number of rotatable bonds is 7. The van der Waals surface area contributed by atoms with Crippen LogP contribution in [-0.4, -0.2) is 22.7 Å². The first-order valence-corrected chi connectivity index (χ1v) is 6.63. The number of benzene rings is 1. The topological polar surface area (TPSA) is 99.4 Å². The number of carbonyl (C=O) groups is 2. The van der Waals surface area contributed by atoms with Crippen LogP contribution in [0.1, 0.15) is 31.7 Å². The molecule has 2 N–H and O–H groups in total. The molecule has 1 amide bonds. The molecule has 1 atom stereocenters. The highest BCUT2D eigenvalue weighted by Gasteiger charge is 2.38. The summed E-state index contributed by atoms with van der Waals surface area (Å²) in [5.74, 6) is -1.17. The first-order chi connectivity index (χ1) is 10.0. The molecule has 0 saturated heterocycles. The zero-order chi connectivity index (χ0) is 15.7. The average Bonchev–Trinajstić information content (AvgIpc) is 2.50. The first-order valence-electron chi connectivity index (χ1n) is 6.63. The van der Waals surface area contributed by atoms with E-state index in [9.17, 15) is 14.7 Å². The van der Waals surface area contributed by atoms with Gasteiger partial charge in [0.15, 0.2) is 0 Å². The Morgan fingerprint density at radius 1 is 1.38 bits per heavy atom. The van der Waals surface area contributed by atoms with Crippen molar-refractivity contribution < 1.29 is 19.4 Å². The van der Waals surface area contributed by atoms with Crippen molar-refractivity contribution in [2.45, 2.75) is 38.3 Å². The number of ether oxygens (including phenoxy) is 1. The van der Waals surface area contributed by atoms with Crippen LogP contribution in [0.2, 0.25) is 0 Å². The van der Waals surface area contributed by atoms with Gasteiger partial charge in [0.1, 0.15) is 12.1 Å². The third-order valence-corrected chi connectivity index (χ3v) is 3.23. The van der Waals surface area contributed by atoms with Crippen LogP contribution in [0.15, 0.2) is 30.3 Å². The van der Waals surface area contributed by atoms with Crippen molar-refractivity contribution in [2.75, 3.05) is 0 Å². The lowest BCUT2D eigenvalue weighted by atomic mass is 9.91. The Bertz CT molecular complexity index is 524. The fraction of sp³-hybridized carbons (Fsp3) is 0.400.